The van der Waals surface area contributed by atoms with E-state index >= 15 is 0 Å². The summed E-state index contributed by atoms with van der Waals surface area (Å²) in [6.45, 7) is 1.91. The van der Waals surface area contributed by atoms with E-state index in [1.54, 1.807) is 20.3 Å². The Morgan fingerprint density at radius 2 is 1.73 bits per heavy atom. The number of ether oxygens (including phenoxy) is 2. The van der Waals surface area contributed by atoms with Crippen LogP contribution in [0.4, 0.5) is 10.1 Å². The van der Waals surface area contributed by atoms with Crippen LogP contribution in [-0.2, 0) is 11.2 Å². The van der Waals surface area contributed by atoms with Gasteiger partial charge in [0.15, 0.2) is 0 Å². The maximum Gasteiger partial charge on any atom is 0.228 e. The van der Waals surface area contributed by atoms with Crippen LogP contribution in [0.1, 0.15) is 11.1 Å². The molecular formula is C17H18FNO3. The van der Waals surface area contributed by atoms with Crippen LogP contribution >= 0.6 is 0 Å². The van der Waals surface area contributed by atoms with Crippen LogP contribution in [-0.4, -0.2) is 20.1 Å². The molecule has 1 amide bonds. The van der Waals surface area contributed by atoms with Crippen LogP contribution in [0.2, 0.25) is 0 Å². The Labute approximate surface area is 128 Å². The summed E-state index contributed by atoms with van der Waals surface area (Å²) in [7, 11) is 3.14. The minimum Gasteiger partial charge on any atom is -0.496 e. The van der Waals surface area contributed by atoms with Gasteiger partial charge in [-0.05, 0) is 48.9 Å². The van der Waals surface area contributed by atoms with Crippen LogP contribution in [0.15, 0.2) is 36.4 Å². The maximum absolute atomic E-state index is 12.8. The van der Waals surface area contributed by atoms with Gasteiger partial charge in [-0.25, -0.2) is 4.39 Å². The first kappa shape index (κ1) is 15.8. The lowest BCUT2D eigenvalue weighted by Gasteiger charge is -2.13. The fourth-order valence-corrected chi connectivity index (χ4v) is 2.16. The summed E-state index contributed by atoms with van der Waals surface area (Å²) in [5, 5.41) is 2.72. The number of carbonyl (C=O) groups excluding carboxylic acids is 1. The molecule has 0 unspecified atom stereocenters. The average Bonchev–Trinajstić information content (AvgIpc) is 2.50. The summed E-state index contributed by atoms with van der Waals surface area (Å²) >= 11 is 0. The van der Waals surface area contributed by atoms with Crippen molar-refractivity contribution in [2.24, 2.45) is 0 Å². The van der Waals surface area contributed by atoms with E-state index in [2.05, 4.69) is 5.32 Å². The van der Waals surface area contributed by atoms with Crippen molar-refractivity contribution in [1.82, 2.24) is 0 Å². The molecule has 2 rings (SSSR count). The number of halogens is 1. The first-order chi connectivity index (χ1) is 10.5. The van der Waals surface area contributed by atoms with Crippen molar-refractivity contribution < 1.29 is 18.7 Å². The van der Waals surface area contributed by atoms with Gasteiger partial charge in [0.1, 0.15) is 17.3 Å². The van der Waals surface area contributed by atoms with Crippen LogP contribution in [0, 0.1) is 12.7 Å². The standard InChI is InChI=1S/C17H18FNO3/c1-11-8-16(22-3)12(9-15(11)21-2)10-17(20)19-14-6-4-13(18)5-7-14/h4-9H,10H2,1-3H3,(H,19,20). The molecule has 0 fully saturated rings. The van der Waals surface area contributed by atoms with E-state index in [-0.39, 0.29) is 18.1 Å². The molecule has 2 aromatic rings. The Bertz CT molecular complexity index is 668. The topological polar surface area (TPSA) is 47.6 Å². The lowest BCUT2D eigenvalue weighted by atomic mass is 10.1. The number of nitrogens with one attached hydrogen (secondary N) is 1. The highest BCUT2D eigenvalue weighted by molar-refractivity contribution is 5.92. The SMILES string of the molecule is COc1cc(CC(=O)Nc2ccc(F)cc2)c(OC)cc1C. The minimum atomic E-state index is -0.345. The third-order valence-corrected chi connectivity index (χ3v) is 3.28. The van der Waals surface area contributed by atoms with Crippen LogP contribution < -0.4 is 14.8 Å². The van der Waals surface area contributed by atoms with E-state index in [1.807, 2.05) is 13.0 Å². The number of methoxy groups -OCH3 is 2. The van der Waals surface area contributed by atoms with Crippen LogP contribution in [0.3, 0.4) is 0 Å². The van der Waals surface area contributed by atoms with Crippen LogP contribution in [0.5, 0.6) is 11.5 Å². The van der Waals surface area contributed by atoms with Gasteiger partial charge in [0.05, 0.1) is 20.6 Å². The molecule has 2 aromatic carbocycles. The van der Waals surface area contributed by atoms with E-state index in [0.717, 1.165) is 11.1 Å². The highest BCUT2D eigenvalue weighted by atomic mass is 19.1. The zero-order valence-corrected chi connectivity index (χ0v) is 12.8. The third-order valence-electron chi connectivity index (χ3n) is 3.28. The Hall–Kier alpha value is -2.56. The van der Waals surface area contributed by atoms with E-state index in [9.17, 15) is 9.18 Å². The van der Waals surface area contributed by atoms with Gasteiger partial charge in [-0.2, -0.15) is 0 Å². The molecular weight excluding hydrogens is 285 g/mol. The summed E-state index contributed by atoms with van der Waals surface area (Å²) < 4.78 is 23.4. The maximum atomic E-state index is 12.8. The van der Waals surface area contributed by atoms with Crippen molar-refractivity contribution >= 4 is 11.6 Å². The fourth-order valence-electron chi connectivity index (χ4n) is 2.16. The number of hydrogen-bond acceptors (Lipinski definition) is 3. The second-order valence-electron chi connectivity index (χ2n) is 4.87. The summed E-state index contributed by atoms with van der Waals surface area (Å²) in [4.78, 5) is 12.1. The zero-order chi connectivity index (χ0) is 16.1. The lowest BCUT2D eigenvalue weighted by molar-refractivity contribution is -0.115. The fraction of sp³-hybridized carbons (Fsp3) is 0.235. The molecule has 0 heterocycles. The average molecular weight is 303 g/mol. The number of aryl methyl sites for hydroxylation is 1. The van der Waals surface area contributed by atoms with E-state index in [1.165, 1.54) is 24.3 Å². The van der Waals surface area contributed by atoms with Crippen molar-refractivity contribution in [3.05, 3.63) is 53.3 Å². The van der Waals surface area contributed by atoms with Crippen molar-refractivity contribution in [3.63, 3.8) is 0 Å². The largest absolute Gasteiger partial charge is 0.496 e. The van der Waals surface area contributed by atoms with Gasteiger partial charge in [0.2, 0.25) is 5.91 Å². The molecule has 0 spiro atoms. The first-order valence-electron chi connectivity index (χ1n) is 6.80. The predicted molar refractivity (Wildman–Crippen MR) is 83.0 cm³/mol. The first-order valence-corrected chi connectivity index (χ1v) is 6.80. The van der Waals surface area contributed by atoms with Gasteiger partial charge >= 0.3 is 0 Å². The summed E-state index contributed by atoms with van der Waals surface area (Å²) in [5.74, 6) is 0.775. The second kappa shape index (κ2) is 6.93. The normalized spacial score (nSPS) is 10.2. The third kappa shape index (κ3) is 3.75. The highest BCUT2D eigenvalue weighted by Gasteiger charge is 2.12. The Morgan fingerprint density at radius 3 is 2.32 bits per heavy atom. The molecule has 0 aliphatic carbocycles. The van der Waals surface area contributed by atoms with Crippen molar-refractivity contribution in [2.75, 3.05) is 19.5 Å². The minimum absolute atomic E-state index is 0.136. The molecule has 0 radical (unpaired) electrons. The molecule has 4 nitrogen and oxygen atoms in total. The molecule has 22 heavy (non-hydrogen) atoms. The van der Waals surface area contributed by atoms with Crippen molar-refractivity contribution in [3.8, 4) is 11.5 Å². The molecule has 5 heteroatoms. The summed E-state index contributed by atoms with van der Waals surface area (Å²) in [6.07, 6.45) is 0.136. The molecule has 0 saturated carbocycles. The van der Waals surface area contributed by atoms with Gasteiger partial charge in [-0.1, -0.05) is 0 Å². The highest BCUT2D eigenvalue weighted by Crippen LogP contribution is 2.28. The summed E-state index contributed by atoms with van der Waals surface area (Å²) in [5.41, 5.74) is 2.20. The molecule has 0 saturated heterocycles. The Kier molecular flexibility index (Phi) is 4.99. The number of carbonyl (C=O) groups is 1. The van der Waals surface area contributed by atoms with Crippen molar-refractivity contribution in [1.29, 1.82) is 0 Å². The molecule has 0 aliphatic heterocycles. The van der Waals surface area contributed by atoms with Gasteiger partial charge in [-0.15, -0.1) is 0 Å². The number of amides is 1. The van der Waals surface area contributed by atoms with E-state index < -0.39 is 0 Å². The van der Waals surface area contributed by atoms with Gasteiger partial charge in [0, 0.05) is 11.3 Å². The number of anilines is 1. The predicted octanol–water partition coefficient (Wildman–Crippen LogP) is 3.33. The molecule has 0 aliphatic rings. The van der Waals surface area contributed by atoms with E-state index in [0.29, 0.717) is 17.2 Å². The van der Waals surface area contributed by atoms with Gasteiger partial charge in [-0.3, -0.25) is 4.79 Å². The molecule has 1 N–H and O–H groups in total. The van der Waals surface area contributed by atoms with Gasteiger partial charge in [0.25, 0.3) is 0 Å². The summed E-state index contributed by atoms with van der Waals surface area (Å²) in [6, 6.07) is 9.24. The monoisotopic (exact) mass is 303 g/mol. The van der Waals surface area contributed by atoms with Crippen LogP contribution in [0.25, 0.3) is 0 Å². The van der Waals surface area contributed by atoms with Gasteiger partial charge < -0.3 is 14.8 Å². The molecule has 0 aromatic heterocycles. The molecule has 0 bridgehead atoms. The smallest absolute Gasteiger partial charge is 0.228 e. The molecule has 0 atom stereocenters. The zero-order valence-electron chi connectivity index (χ0n) is 12.8. The number of benzene rings is 2. The lowest BCUT2D eigenvalue weighted by Crippen LogP contribution is -2.15. The van der Waals surface area contributed by atoms with Crippen molar-refractivity contribution in [2.45, 2.75) is 13.3 Å². The quantitative estimate of drug-likeness (QED) is 0.921. The van der Waals surface area contributed by atoms with E-state index in [4.69, 9.17) is 9.47 Å². The second-order valence-corrected chi connectivity index (χ2v) is 4.87. The number of rotatable bonds is 5. The number of hydrogen-bond donors (Lipinski definition) is 1. The Balaban J connectivity index is 2.15. The Morgan fingerprint density at radius 1 is 1.09 bits per heavy atom. The molecule has 116 valence electrons.